The molecular formula is C26H22ClF3N2O. The van der Waals surface area contributed by atoms with E-state index < -0.39 is 17.5 Å². The monoisotopic (exact) mass is 470 g/mol. The summed E-state index contributed by atoms with van der Waals surface area (Å²) in [7, 11) is 0. The van der Waals surface area contributed by atoms with Crippen LogP contribution in [0.2, 0.25) is 5.02 Å². The molecule has 170 valence electrons. The molecule has 33 heavy (non-hydrogen) atoms. The molecule has 1 amide bonds. The van der Waals surface area contributed by atoms with E-state index in [1.807, 2.05) is 24.3 Å². The van der Waals surface area contributed by atoms with Crippen molar-refractivity contribution in [2.24, 2.45) is 0 Å². The molecule has 3 aromatic rings. The fraction of sp³-hybridized carbons (Fsp3) is 0.269. The molecule has 0 aromatic heterocycles. The molecule has 1 atom stereocenters. The molecule has 0 aliphatic carbocycles. The van der Waals surface area contributed by atoms with E-state index in [2.05, 4.69) is 4.90 Å². The van der Waals surface area contributed by atoms with Crippen molar-refractivity contribution in [1.29, 1.82) is 0 Å². The van der Waals surface area contributed by atoms with Crippen LogP contribution in [0.1, 0.15) is 34.3 Å². The molecule has 7 heteroatoms. The third-order valence-electron chi connectivity index (χ3n) is 6.75. The molecule has 3 nitrogen and oxygen atoms in total. The maximum Gasteiger partial charge on any atom is 0.258 e. The predicted molar refractivity (Wildman–Crippen MR) is 122 cm³/mol. The second-order valence-corrected chi connectivity index (χ2v) is 9.26. The second-order valence-electron chi connectivity index (χ2n) is 8.83. The standard InChI is InChI=1S/C26H22ClF3N2O/c27-20-8-6-18(7-9-20)25(33)32-16-26(14-19-4-1-2-5-23(19)32)10-3-11-31(26)15-17-12-21(28)24(30)22(29)13-17/h1-2,4-9,12-13H,3,10-11,14-16H2. The number of amides is 1. The summed E-state index contributed by atoms with van der Waals surface area (Å²) >= 11 is 6.00. The number of halogens is 4. The molecule has 2 aliphatic heterocycles. The van der Waals surface area contributed by atoms with Gasteiger partial charge in [0, 0.05) is 34.9 Å². The molecule has 0 N–H and O–H groups in total. The van der Waals surface area contributed by atoms with Gasteiger partial charge in [-0.25, -0.2) is 13.2 Å². The lowest BCUT2D eigenvalue weighted by Gasteiger charge is -2.46. The zero-order valence-electron chi connectivity index (χ0n) is 17.8. The van der Waals surface area contributed by atoms with Gasteiger partial charge in [0.15, 0.2) is 17.5 Å². The molecule has 5 rings (SSSR count). The molecule has 1 unspecified atom stereocenters. The summed E-state index contributed by atoms with van der Waals surface area (Å²) in [6, 6.07) is 16.7. The highest BCUT2D eigenvalue weighted by atomic mass is 35.5. The van der Waals surface area contributed by atoms with Crippen LogP contribution in [0.3, 0.4) is 0 Å². The van der Waals surface area contributed by atoms with Crippen LogP contribution in [0, 0.1) is 17.5 Å². The Balaban J connectivity index is 1.50. The second kappa shape index (κ2) is 8.50. The zero-order chi connectivity index (χ0) is 23.2. The summed E-state index contributed by atoms with van der Waals surface area (Å²) < 4.78 is 41.1. The van der Waals surface area contributed by atoms with Crippen molar-refractivity contribution in [3.63, 3.8) is 0 Å². The van der Waals surface area contributed by atoms with Gasteiger partial charge in [0.1, 0.15) is 0 Å². The number of carbonyl (C=O) groups excluding carboxylic acids is 1. The SMILES string of the molecule is O=C(c1ccc(Cl)cc1)N1CC2(CCCN2Cc2cc(F)c(F)c(F)c2)Cc2ccccc21. The first-order chi connectivity index (χ1) is 15.9. The molecule has 1 spiro atoms. The van der Waals surface area contributed by atoms with Gasteiger partial charge in [-0.3, -0.25) is 9.69 Å². The summed E-state index contributed by atoms with van der Waals surface area (Å²) in [4.78, 5) is 17.5. The van der Waals surface area contributed by atoms with E-state index in [1.165, 1.54) is 0 Å². The van der Waals surface area contributed by atoms with Gasteiger partial charge in [-0.2, -0.15) is 0 Å². The van der Waals surface area contributed by atoms with Crippen molar-refractivity contribution in [3.8, 4) is 0 Å². The number of nitrogens with zero attached hydrogens (tertiary/aromatic N) is 2. The Labute approximate surface area is 195 Å². The number of fused-ring (bicyclic) bond motifs is 1. The van der Waals surface area contributed by atoms with Crippen LogP contribution in [0.25, 0.3) is 0 Å². The Bertz CT molecular complexity index is 1190. The van der Waals surface area contributed by atoms with Gasteiger partial charge in [0.2, 0.25) is 0 Å². The molecule has 3 aromatic carbocycles. The Hall–Kier alpha value is -2.83. The van der Waals surface area contributed by atoms with E-state index in [4.69, 9.17) is 11.6 Å². The van der Waals surface area contributed by atoms with Gasteiger partial charge in [-0.05, 0) is 79.4 Å². The maximum atomic E-state index is 13.8. The number of carbonyl (C=O) groups is 1. The fourth-order valence-corrected chi connectivity index (χ4v) is 5.31. The molecule has 1 saturated heterocycles. The summed E-state index contributed by atoms with van der Waals surface area (Å²) in [5.41, 5.74) is 2.46. The van der Waals surface area contributed by atoms with E-state index in [1.54, 1.807) is 29.2 Å². The van der Waals surface area contributed by atoms with Crippen molar-refractivity contribution < 1.29 is 18.0 Å². The van der Waals surface area contributed by atoms with Crippen LogP contribution in [0.5, 0.6) is 0 Å². The Morgan fingerprint density at radius 3 is 2.42 bits per heavy atom. The van der Waals surface area contributed by atoms with E-state index >= 15 is 0 Å². The number of para-hydroxylation sites is 1. The van der Waals surface area contributed by atoms with E-state index in [0.29, 0.717) is 22.7 Å². The van der Waals surface area contributed by atoms with Gasteiger partial charge >= 0.3 is 0 Å². The summed E-state index contributed by atoms with van der Waals surface area (Å²) in [5, 5.41) is 0.558. The normalized spacial score (nSPS) is 20.3. The molecular weight excluding hydrogens is 449 g/mol. The highest BCUT2D eigenvalue weighted by molar-refractivity contribution is 6.30. The van der Waals surface area contributed by atoms with Crippen molar-refractivity contribution in [2.45, 2.75) is 31.3 Å². The average Bonchev–Trinajstić information content (AvgIpc) is 3.17. The van der Waals surface area contributed by atoms with Crippen molar-refractivity contribution in [2.75, 3.05) is 18.0 Å². The fourth-order valence-electron chi connectivity index (χ4n) is 5.18. The number of likely N-dealkylation sites (tertiary alicyclic amines) is 1. The molecule has 0 saturated carbocycles. The summed E-state index contributed by atoms with van der Waals surface area (Å²) in [6.45, 7) is 1.46. The van der Waals surface area contributed by atoms with Crippen LogP contribution in [-0.4, -0.2) is 29.4 Å². The third-order valence-corrected chi connectivity index (χ3v) is 7.00. The lowest BCUT2D eigenvalue weighted by Crippen LogP contribution is -2.57. The van der Waals surface area contributed by atoms with E-state index in [9.17, 15) is 18.0 Å². The Morgan fingerprint density at radius 2 is 1.70 bits per heavy atom. The number of anilines is 1. The minimum absolute atomic E-state index is 0.121. The Morgan fingerprint density at radius 1 is 1.00 bits per heavy atom. The van der Waals surface area contributed by atoms with E-state index in [-0.39, 0.29) is 18.0 Å². The smallest absolute Gasteiger partial charge is 0.258 e. The molecule has 0 radical (unpaired) electrons. The summed E-state index contributed by atoms with van der Waals surface area (Å²) in [5.74, 6) is -3.95. The van der Waals surface area contributed by atoms with Crippen molar-refractivity contribution >= 4 is 23.2 Å². The van der Waals surface area contributed by atoms with Gasteiger partial charge < -0.3 is 4.90 Å². The van der Waals surface area contributed by atoms with Crippen molar-refractivity contribution in [1.82, 2.24) is 4.90 Å². The van der Waals surface area contributed by atoms with E-state index in [0.717, 1.165) is 49.2 Å². The maximum absolute atomic E-state index is 13.8. The number of rotatable bonds is 3. The molecule has 2 heterocycles. The van der Waals surface area contributed by atoms with Crippen LogP contribution in [-0.2, 0) is 13.0 Å². The van der Waals surface area contributed by atoms with Crippen LogP contribution >= 0.6 is 11.6 Å². The van der Waals surface area contributed by atoms with Crippen LogP contribution < -0.4 is 4.90 Å². The summed E-state index contributed by atoms with van der Waals surface area (Å²) in [6.07, 6.45) is 2.47. The number of hydrogen-bond acceptors (Lipinski definition) is 2. The minimum Gasteiger partial charge on any atom is -0.306 e. The van der Waals surface area contributed by atoms with Gasteiger partial charge in [0.25, 0.3) is 5.91 Å². The van der Waals surface area contributed by atoms with Gasteiger partial charge in [0.05, 0.1) is 0 Å². The van der Waals surface area contributed by atoms with Crippen LogP contribution in [0.4, 0.5) is 18.9 Å². The largest absolute Gasteiger partial charge is 0.306 e. The van der Waals surface area contributed by atoms with Crippen LogP contribution in [0.15, 0.2) is 60.7 Å². The minimum atomic E-state index is -1.46. The quantitative estimate of drug-likeness (QED) is 0.439. The third kappa shape index (κ3) is 4.02. The first-order valence-electron chi connectivity index (χ1n) is 10.9. The number of hydrogen-bond donors (Lipinski definition) is 0. The first-order valence-corrected chi connectivity index (χ1v) is 11.3. The molecule has 2 aliphatic rings. The van der Waals surface area contributed by atoms with Gasteiger partial charge in [-0.1, -0.05) is 29.8 Å². The average molecular weight is 471 g/mol. The zero-order valence-corrected chi connectivity index (χ0v) is 18.6. The van der Waals surface area contributed by atoms with Crippen molar-refractivity contribution in [3.05, 3.63) is 99.8 Å². The topological polar surface area (TPSA) is 23.6 Å². The number of benzene rings is 3. The predicted octanol–water partition coefficient (Wildman–Crippen LogP) is 6.00. The molecule has 1 fully saturated rings. The molecule has 0 bridgehead atoms. The highest BCUT2D eigenvalue weighted by Gasteiger charge is 2.46. The lowest BCUT2D eigenvalue weighted by atomic mass is 9.82. The first kappa shape index (κ1) is 22.0. The van der Waals surface area contributed by atoms with Gasteiger partial charge in [-0.15, -0.1) is 0 Å². The lowest BCUT2D eigenvalue weighted by molar-refractivity contribution is 0.0916. The Kier molecular flexibility index (Phi) is 5.67. The highest BCUT2D eigenvalue weighted by Crippen LogP contribution is 2.42.